The highest BCUT2D eigenvalue weighted by Gasteiger charge is 2.36. The molecule has 1 rings (SSSR count). The number of aliphatic carboxylic acids is 1. The third-order valence-electron chi connectivity index (χ3n) is 3.74. The Kier molecular flexibility index (Phi) is 6.49. The Morgan fingerprint density at radius 3 is 2.29 bits per heavy atom. The second-order valence-corrected chi connectivity index (χ2v) is 5.63. The monoisotopic (exact) mass is 331 g/mol. The maximum absolute atomic E-state index is 12.5. The van der Waals surface area contributed by atoms with Crippen molar-refractivity contribution in [2.24, 2.45) is 0 Å². The van der Waals surface area contributed by atoms with Crippen molar-refractivity contribution >= 4 is 35.1 Å². The van der Waals surface area contributed by atoms with Crippen molar-refractivity contribution in [2.45, 2.75) is 38.5 Å². The molecule has 0 unspecified atom stereocenters. The van der Waals surface area contributed by atoms with Gasteiger partial charge in [0.1, 0.15) is 0 Å². The second kappa shape index (κ2) is 7.66. The van der Waals surface area contributed by atoms with Gasteiger partial charge in [-0.25, -0.2) is 0 Å². The Morgan fingerprint density at radius 2 is 1.81 bits per heavy atom. The third kappa shape index (κ3) is 4.11. The van der Waals surface area contributed by atoms with Crippen molar-refractivity contribution in [1.29, 1.82) is 0 Å². The summed E-state index contributed by atoms with van der Waals surface area (Å²) in [4.78, 5) is 23.1. The minimum Gasteiger partial charge on any atom is -0.481 e. The van der Waals surface area contributed by atoms with Gasteiger partial charge < -0.3 is 10.4 Å². The smallest absolute Gasteiger partial charge is 0.305 e. The predicted octanol–water partition coefficient (Wildman–Crippen LogP) is 3.64. The number of carboxylic acids is 1. The van der Waals surface area contributed by atoms with Gasteiger partial charge in [-0.2, -0.15) is 0 Å². The molecule has 2 N–H and O–H groups in total. The van der Waals surface area contributed by atoms with Crippen LogP contribution in [0.5, 0.6) is 0 Å². The standard InChI is InChI=1S/C15H19Cl2NO3/c1-3-15(4-2,14(21)18-8-7-13(19)20)10-5-6-11(16)12(17)9-10/h5-6,9H,3-4,7-8H2,1-2H3,(H,18,21)(H,19,20). The van der Waals surface area contributed by atoms with Crippen molar-refractivity contribution in [3.05, 3.63) is 33.8 Å². The van der Waals surface area contributed by atoms with Gasteiger partial charge in [0.05, 0.1) is 21.9 Å². The molecule has 0 aliphatic rings. The number of hydrogen-bond acceptors (Lipinski definition) is 2. The quantitative estimate of drug-likeness (QED) is 0.801. The van der Waals surface area contributed by atoms with Crippen molar-refractivity contribution in [3.63, 3.8) is 0 Å². The molecule has 1 amide bonds. The number of carbonyl (C=O) groups excluding carboxylic acids is 1. The van der Waals surface area contributed by atoms with E-state index in [4.69, 9.17) is 28.3 Å². The summed E-state index contributed by atoms with van der Waals surface area (Å²) in [5.41, 5.74) is 0.0574. The van der Waals surface area contributed by atoms with Gasteiger partial charge in [0, 0.05) is 6.54 Å². The molecule has 0 heterocycles. The molecule has 6 heteroatoms. The first-order valence-corrected chi connectivity index (χ1v) is 7.58. The van der Waals surface area contributed by atoms with Crippen molar-refractivity contribution in [2.75, 3.05) is 6.54 Å². The normalized spacial score (nSPS) is 11.2. The van der Waals surface area contributed by atoms with Crippen LogP contribution in [0.2, 0.25) is 10.0 Å². The Bertz CT molecular complexity index is 528. The SMILES string of the molecule is CCC(CC)(C(=O)NCCC(=O)O)c1ccc(Cl)c(Cl)c1. The van der Waals surface area contributed by atoms with Crippen LogP contribution >= 0.6 is 23.2 Å². The van der Waals surface area contributed by atoms with Gasteiger partial charge in [0.15, 0.2) is 0 Å². The van der Waals surface area contributed by atoms with Crippen molar-refractivity contribution in [3.8, 4) is 0 Å². The highest BCUT2D eigenvalue weighted by Crippen LogP contribution is 2.35. The van der Waals surface area contributed by atoms with Gasteiger partial charge in [-0.05, 0) is 30.5 Å². The lowest BCUT2D eigenvalue weighted by Gasteiger charge is -2.31. The fourth-order valence-electron chi connectivity index (χ4n) is 2.36. The van der Waals surface area contributed by atoms with E-state index in [0.717, 1.165) is 5.56 Å². The van der Waals surface area contributed by atoms with Crippen LogP contribution < -0.4 is 5.32 Å². The fraction of sp³-hybridized carbons (Fsp3) is 0.467. The lowest BCUT2D eigenvalue weighted by atomic mass is 9.75. The van der Waals surface area contributed by atoms with E-state index >= 15 is 0 Å². The van der Waals surface area contributed by atoms with Gasteiger partial charge in [-0.1, -0.05) is 43.1 Å². The molecule has 4 nitrogen and oxygen atoms in total. The zero-order chi connectivity index (χ0) is 16.0. The number of amides is 1. The maximum Gasteiger partial charge on any atom is 0.305 e. The predicted molar refractivity (Wildman–Crippen MR) is 84.0 cm³/mol. The lowest BCUT2D eigenvalue weighted by Crippen LogP contribution is -2.44. The van der Waals surface area contributed by atoms with Crippen LogP contribution in [0.15, 0.2) is 18.2 Å². The maximum atomic E-state index is 12.5. The number of nitrogens with one attached hydrogen (secondary N) is 1. The molecule has 0 aliphatic heterocycles. The number of hydrogen-bond donors (Lipinski definition) is 2. The molecule has 0 radical (unpaired) electrons. The Balaban J connectivity index is 3.03. The Labute approximate surface area is 134 Å². The lowest BCUT2D eigenvalue weighted by molar-refractivity contribution is -0.137. The zero-order valence-electron chi connectivity index (χ0n) is 12.1. The van der Waals surface area contributed by atoms with E-state index in [0.29, 0.717) is 22.9 Å². The van der Waals surface area contributed by atoms with Crippen LogP contribution in [-0.2, 0) is 15.0 Å². The minimum atomic E-state index is -0.941. The van der Waals surface area contributed by atoms with Crippen LogP contribution in [0.3, 0.4) is 0 Å². The molecule has 0 saturated carbocycles. The molecule has 1 aromatic rings. The summed E-state index contributed by atoms with van der Waals surface area (Å²) in [7, 11) is 0. The molecule has 116 valence electrons. The van der Waals surface area contributed by atoms with Crippen LogP contribution in [0.1, 0.15) is 38.7 Å². The van der Waals surface area contributed by atoms with E-state index in [-0.39, 0.29) is 18.9 Å². The average Bonchev–Trinajstić information content (AvgIpc) is 2.44. The van der Waals surface area contributed by atoms with E-state index < -0.39 is 11.4 Å². The Hall–Kier alpha value is -1.26. The summed E-state index contributed by atoms with van der Waals surface area (Å²) in [6, 6.07) is 5.16. The van der Waals surface area contributed by atoms with Crippen LogP contribution in [0.4, 0.5) is 0 Å². The topological polar surface area (TPSA) is 66.4 Å². The van der Waals surface area contributed by atoms with E-state index in [2.05, 4.69) is 5.32 Å². The average molecular weight is 332 g/mol. The molecule has 1 aromatic carbocycles. The minimum absolute atomic E-state index is 0.101. The van der Waals surface area contributed by atoms with Gasteiger partial charge in [0.2, 0.25) is 5.91 Å². The van der Waals surface area contributed by atoms with Gasteiger partial charge in [-0.15, -0.1) is 0 Å². The van der Waals surface area contributed by atoms with Crippen LogP contribution in [0, 0.1) is 0 Å². The van der Waals surface area contributed by atoms with E-state index in [1.54, 1.807) is 18.2 Å². The van der Waals surface area contributed by atoms with Crippen LogP contribution in [0.25, 0.3) is 0 Å². The third-order valence-corrected chi connectivity index (χ3v) is 4.48. The summed E-state index contributed by atoms with van der Waals surface area (Å²) in [5.74, 6) is -1.13. The largest absolute Gasteiger partial charge is 0.481 e. The molecule has 21 heavy (non-hydrogen) atoms. The van der Waals surface area contributed by atoms with Gasteiger partial charge in [-0.3, -0.25) is 9.59 Å². The first-order valence-electron chi connectivity index (χ1n) is 6.83. The summed E-state index contributed by atoms with van der Waals surface area (Å²) >= 11 is 12.0. The zero-order valence-corrected chi connectivity index (χ0v) is 13.6. The van der Waals surface area contributed by atoms with E-state index in [1.807, 2.05) is 13.8 Å². The molecule has 0 atom stereocenters. The van der Waals surface area contributed by atoms with E-state index in [9.17, 15) is 9.59 Å². The van der Waals surface area contributed by atoms with Crippen molar-refractivity contribution in [1.82, 2.24) is 5.32 Å². The van der Waals surface area contributed by atoms with Gasteiger partial charge >= 0.3 is 5.97 Å². The number of halogens is 2. The summed E-state index contributed by atoms with van der Waals surface area (Å²) in [6.07, 6.45) is 1.07. The number of carboxylic acid groups (broad SMARTS) is 1. The molecule has 0 aliphatic carbocycles. The molecule has 0 fully saturated rings. The molecule has 0 spiro atoms. The Morgan fingerprint density at radius 1 is 1.19 bits per heavy atom. The molecule has 0 bridgehead atoms. The molecule has 0 saturated heterocycles. The molecule has 0 aromatic heterocycles. The van der Waals surface area contributed by atoms with E-state index in [1.165, 1.54) is 0 Å². The van der Waals surface area contributed by atoms with Gasteiger partial charge in [0.25, 0.3) is 0 Å². The van der Waals surface area contributed by atoms with Crippen LogP contribution in [-0.4, -0.2) is 23.5 Å². The molecular formula is C15H19Cl2NO3. The number of benzene rings is 1. The number of rotatable bonds is 7. The second-order valence-electron chi connectivity index (χ2n) is 4.82. The fourth-order valence-corrected chi connectivity index (χ4v) is 2.65. The first kappa shape index (κ1) is 17.8. The first-order chi connectivity index (χ1) is 9.87. The highest BCUT2D eigenvalue weighted by atomic mass is 35.5. The summed E-state index contributed by atoms with van der Waals surface area (Å²) in [5, 5.41) is 12.2. The summed E-state index contributed by atoms with van der Waals surface area (Å²) in [6.45, 7) is 3.95. The van der Waals surface area contributed by atoms with Crippen molar-refractivity contribution < 1.29 is 14.7 Å². The highest BCUT2D eigenvalue weighted by molar-refractivity contribution is 6.42. The number of carbonyl (C=O) groups is 2. The summed E-state index contributed by atoms with van der Waals surface area (Å²) < 4.78 is 0. The molecular weight excluding hydrogens is 313 g/mol.